The van der Waals surface area contributed by atoms with Crippen LogP contribution in [0.4, 0.5) is 0 Å². The van der Waals surface area contributed by atoms with E-state index < -0.39 is 5.60 Å². The van der Waals surface area contributed by atoms with E-state index in [4.69, 9.17) is 0 Å². The van der Waals surface area contributed by atoms with Crippen LogP contribution in [-0.2, 0) is 0 Å². The highest BCUT2D eigenvalue weighted by atomic mass is 16.3. The molecule has 1 N–H and O–H groups in total. The van der Waals surface area contributed by atoms with Gasteiger partial charge in [-0.15, -0.1) is 0 Å². The van der Waals surface area contributed by atoms with E-state index in [-0.39, 0.29) is 18.3 Å². The third kappa shape index (κ3) is 5.29. The van der Waals surface area contributed by atoms with E-state index in [2.05, 4.69) is 11.8 Å². The molecular formula is C13H26O. The highest BCUT2D eigenvalue weighted by molar-refractivity contribution is 5.19. The Morgan fingerprint density at radius 1 is 0.786 bits per heavy atom. The predicted molar refractivity (Wildman–Crippen MR) is 64.0 cm³/mol. The Labute approximate surface area is 89.9 Å². The Morgan fingerprint density at radius 3 is 1.36 bits per heavy atom. The van der Waals surface area contributed by atoms with Crippen LogP contribution in [0, 0.1) is 22.7 Å². The second kappa shape index (κ2) is 4.36. The average molecular weight is 198 g/mol. The Morgan fingerprint density at radius 2 is 1.14 bits per heavy atom. The van der Waals surface area contributed by atoms with Crippen molar-refractivity contribution in [2.45, 2.75) is 61.5 Å². The van der Waals surface area contributed by atoms with Gasteiger partial charge in [0, 0.05) is 10.8 Å². The molecule has 0 saturated heterocycles. The van der Waals surface area contributed by atoms with Crippen molar-refractivity contribution in [3.05, 3.63) is 0 Å². The first-order valence-corrected chi connectivity index (χ1v) is 4.72. The summed E-state index contributed by atoms with van der Waals surface area (Å²) in [7, 11) is 0. The first-order chi connectivity index (χ1) is 5.46. The summed E-state index contributed by atoms with van der Waals surface area (Å²) in [5.41, 5.74) is -1.17. The zero-order chi connectivity index (χ0) is 10.9. The minimum Gasteiger partial charge on any atom is -0.377 e. The molecule has 0 amide bonds. The smallest absolute Gasteiger partial charge is 0.127 e. The lowest BCUT2D eigenvalue weighted by Gasteiger charge is -2.32. The van der Waals surface area contributed by atoms with Gasteiger partial charge in [0.05, 0.1) is 0 Å². The van der Waals surface area contributed by atoms with E-state index >= 15 is 0 Å². The summed E-state index contributed by atoms with van der Waals surface area (Å²) in [5.74, 6) is 6.01. The van der Waals surface area contributed by atoms with Gasteiger partial charge < -0.3 is 5.11 Å². The van der Waals surface area contributed by atoms with Gasteiger partial charge in [0.15, 0.2) is 0 Å². The molecular weight excluding hydrogens is 172 g/mol. The molecule has 84 valence electrons. The largest absolute Gasteiger partial charge is 0.377 e. The second-order valence-electron chi connectivity index (χ2n) is 5.82. The molecule has 0 aromatic heterocycles. The Balaban J connectivity index is 0. The van der Waals surface area contributed by atoms with E-state index in [1.807, 2.05) is 41.5 Å². The molecule has 0 aliphatic heterocycles. The number of hydrogen-bond acceptors (Lipinski definition) is 1. The average Bonchev–Trinajstić information content (AvgIpc) is 1.79. The first kappa shape index (κ1) is 16.0. The highest BCUT2D eigenvalue weighted by Gasteiger charge is 2.33. The van der Waals surface area contributed by atoms with Crippen LogP contribution >= 0.6 is 0 Å². The lowest BCUT2D eigenvalue weighted by atomic mass is 9.77. The van der Waals surface area contributed by atoms with E-state index in [1.54, 1.807) is 6.92 Å². The molecule has 0 aromatic carbocycles. The molecule has 0 spiro atoms. The van der Waals surface area contributed by atoms with Crippen molar-refractivity contribution in [1.29, 1.82) is 0 Å². The number of hydrogen-bond donors (Lipinski definition) is 1. The van der Waals surface area contributed by atoms with Crippen LogP contribution in [0.25, 0.3) is 0 Å². The van der Waals surface area contributed by atoms with Crippen molar-refractivity contribution in [2.75, 3.05) is 0 Å². The van der Waals surface area contributed by atoms with E-state index in [0.29, 0.717) is 0 Å². The Kier molecular flexibility index (Phi) is 4.97. The fourth-order valence-electron chi connectivity index (χ4n) is 0.497. The number of aliphatic hydroxyl groups is 1. The maximum atomic E-state index is 10.0. The normalized spacial score (nSPS) is 16.0. The van der Waals surface area contributed by atoms with Crippen molar-refractivity contribution in [3.8, 4) is 11.8 Å². The SMILES string of the molecule is C.CC(C)(C)C#CC(C)(O)C(C)(C)C. The molecule has 1 atom stereocenters. The quantitative estimate of drug-likeness (QED) is 0.591. The monoisotopic (exact) mass is 198 g/mol. The van der Waals surface area contributed by atoms with Crippen molar-refractivity contribution < 1.29 is 5.11 Å². The number of rotatable bonds is 0. The molecule has 0 aliphatic rings. The minimum absolute atomic E-state index is 0. The van der Waals surface area contributed by atoms with Gasteiger partial charge in [0.2, 0.25) is 0 Å². The van der Waals surface area contributed by atoms with Crippen molar-refractivity contribution in [1.82, 2.24) is 0 Å². The molecule has 0 fully saturated rings. The summed E-state index contributed by atoms with van der Waals surface area (Å²) >= 11 is 0. The fourth-order valence-corrected chi connectivity index (χ4v) is 0.497. The molecule has 0 aromatic rings. The Bertz CT molecular complexity index is 225. The van der Waals surface area contributed by atoms with Gasteiger partial charge in [-0.25, -0.2) is 0 Å². The van der Waals surface area contributed by atoms with E-state index in [9.17, 15) is 5.11 Å². The molecule has 0 heterocycles. The maximum absolute atomic E-state index is 10.0. The molecule has 0 bridgehead atoms. The van der Waals surface area contributed by atoms with Gasteiger partial charge in [0.1, 0.15) is 5.60 Å². The van der Waals surface area contributed by atoms with Gasteiger partial charge in [-0.05, 0) is 27.7 Å². The third-order valence-electron chi connectivity index (χ3n) is 2.14. The van der Waals surface area contributed by atoms with Crippen LogP contribution in [0.1, 0.15) is 55.9 Å². The molecule has 0 radical (unpaired) electrons. The van der Waals surface area contributed by atoms with Crippen LogP contribution < -0.4 is 0 Å². The summed E-state index contributed by atoms with van der Waals surface area (Å²) in [6.07, 6.45) is 0. The summed E-state index contributed by atoms with van der Waals surface area (Å²) < 4.78 is 0. The zero-order valence-corrected chi connectivity index (χ0v) is 9.95. The van der Waals surface area contributed by atoms with Crippen LogP contribution in [0.3, 0.4) is 0 Å². The van der Waals surface area contributed by atoms with Gasteiger partial charge in [0.25, 0.3) is 0 Å². The molecule has 14 heavy (non-hydrogen) atoms. The Hall–Kier alpha value is -0.480. The second-order valence-corrected chi connectivity index (χ2v) is 5.82. The summed E-state index contributed by atoms with van der Waals surface area (Å²) in [4.78, 5) is 0. The molecule has 1 unspecified atom stereocenters. The van der Waals surface area contributed by atoms with Gasteiger partial charge >= 0.3 is 0 Å². The van der Waals surface area contributed by atoms with E-state index in [0.717, 1.165) is 0 Å². The van der Waals surface area contributed by atoms with Crippen LogP contribution in [0.15, 0.2) is 0 Å². The summed E-state index contributed by atoms with van der Waals surface area (Å²) in [5, 5.41) is 10.0. The van der Waals surface area contributed by atoms with Gasteiger partial charge in [-0.2, -0.15) is 0 Å². The van der Waals surface area contributed by atoms with Crippen molar-refractivity contribution in [3.63, 3.8) is 0 Å². The summed E-state index contributed by atoms with van der Waals surface area (Å²) in [6.45, 7) is 13.9. The van der Waals surface area contributed by atoms with Crippen molar-refractivity contribution >= 4 is 0 Å². The lowest BCUT2D eigenvalue weighted by Crippen LogP contribution is -2.38. The standard InChI is InChI=1S/C12H22O.CH4/c1-10(2,3)8-9-12(7,13)11(4,5)6;/h13H,1-7H3;1H4. The molecule has 0 aliphatic carbocycles. The molecule has 1 heteroatoms. The minimum atomic E-state index is -0.916. The van der Waals surface area contributed by atoms with Crippen LogP contribution in [0.2, 0.25) is 0 Å². The van der Waals surface area contributed by atoms with Crippen molar-refractivity contribution in [2.24, 2.45) is 10.8 Å². The molecule has 1 nitrogen and oxygen atoms in total. The summed E-state index contributed by atoms with van der Waals surface area (Å²) in [6, 6.07) is 0. The van der Waals surface area contributed by atoms with Gasteiger partial charge in [-0.3, -0.25) is 0 Å². The van der Waals surface area contributed by atoms with Crippen LogP contribution in [0.5, 0.6) is 0 Å². The predicted octanol–water partition coefficient (Wildman–Crippen LogP) is 3.47. The van der Waals surface area contributed by atoms with Gasteiger partial charge in [-0.1, -0.05) is 40.0 Å². The maximum Gasteiger partial charge on any atom is 0.127 e. The van der Waals surface area contributed by atoms with E-state index in [1.165, 1.54) is 0 Å². The van der Waals surface area contributed by atoms with Crippen LogP contribution in [-0.4, -0.2) is 10.7 Å². The highest BCUT2D eigenvalue weighted by Crippen LogP contribution is 2.29. The third-order valence-corrected chi connectivity index (χ3v) is 2.14. The topological polar surface area (TPSA) is 20.2 Å². The zero-order valence-electron chi connectivity index (χ0n) is 9.95. The lowest BCUT2D eigenvalue weighted by molar-refractivity contribution is 0.0126. The first-order valence-electron chi connectivity index (χ1n) is 4.72. The fraction of sp³-hybridized carbons (Fsp3) is 0.846. The molecule has 0 saturated carbocycles. The molecule has 0 rings (SSSR count).